The smallest absolute Gasteiger partial charge is 0.416 e. The van der Waals surface area contributed by atoms with Gasteiger partial charge in [0.1, 0.15) is 0 Å². The summed E-state index contributed by atoms with van der Waals surface area (Å²) in [5, 5.41) is 0. The third kappa shape index (κ3) is 2.28. The minimum absolute atomic E-state index is 0.190. The topological polar surface area (TPSA) is 26.3 Å². The van der Waals surface area contributed by atoms with Gasteiger partial charge < -0.3 is 4.74 Å². The Morgan fingerprint density at radius 3 is 2.59 bits per heavy atom. The molecule has 1 aliphatic carbocycles. The monoisotopic (exact) mass is 244 g/mol. The van der Waals surface area contributed by atoms with Gasteiger partial charge in [-0.25, -0.2) is 0 Å². The molecule has 92 valence electrons. The number of hydrogen-bond donors (Lipinski definition) is 0. The number of hydrogen-bond acceptors (Lipinski definition) is 2. The van der Waals surface area contributed by atoms with Gasteiger partial charge in [-0.15, -0.1) is 0 Å². The molecule has 0 aromatic heterocycles. The minimum atomic E-state index is -4.38. The highest BCUT2D eigenvalue weighted by Crippen LogP contribution is 2.51. The van der Waals surface area contributed by atoms with E-state index in [0.29, 0.717) is 6.42 Å². The third-order valence-electron chi connectivity index (χ3n) is 2.96. The van der Waals surface area contributed by atoms with E-state index in [1.54, 1.807) is 6.07 Å². The number of benzene rings is 1. The summed E-state index contributed by atoms with van der Waals surface area (Å²) in [4.78, 5) is 11.2. The summed E-state index contributed by atoms with van der Waals surface area (Å²) in [5.41, 5.74) is -0.466. The van der Waals surface area contributed by atoms with E-state index in [0.717, 1.165) is 6.07 Å². The third-order valence-corrected chi connectivity index (χ3v) is 2.96. The van der Waals surface area contributed by atoms with Crippen molar-refractivity contribution in [1.82, 2.24) is 0 Å². The minimum Gasteiger partial charge on any atom is -0.469 e. The lowest BCUT2D eigenvalue weighted by Crippen LogP contribution is -2.10. The molecule has 0 heterocycles. The first kappa shape index (κ1) is 12.0. The molecule has 1 aliphatic rings. The molecule has 17 heavy (non-hydrogen) atoms. The predicted octanol–water partition coefficient (Wildman–Crippen LogP) is 2.98. The Hall–Kier alpha value is -1.52. The molecule has 0 unspecified atom stereocenters. The highest BCUT2D eigenvalue weighted by molar-refractivity contribution is 5.77. The molecule has 1 aromatic rings. The summed E-state index contributed by atoms with van der Waals surface area (Å²) >= 11 is 0. The molecule has 0 radical (unpaired) electrons. The van der Waals surface area contributed by atoms with E-state index in [9.17, 15) is 18.0 Å². The molecule has 2 nitrogen and oxygen atoms in total. The lowest BCUT2D eigenvalue weighted by Gasteiger charge is -2.12. The number of alkyl halides is 3. The van der Waals surface area contributed by atoms with Crippen molar-refractivity contribution in [3.63, 3.8) is 0 Å². The van der Waals surface area contributed by atoms with Crippen LogP contribution in [-0.2, 0) is 15.7 Å². The van der Waals surface area contributed by atoms with Crippen molar-refractivity contribution < 1.29 is 22.7 Å². The van der Waals surface area contributed by atoms with E-state index in [2.05, 4.69) is 4.74 Å². The molecular weight excluding hydrogens is 233 g/mol. The van der Waals surface area contributed by atoms with Crippen molar-refractivity contribution in [2.24, 2.45) is 5.92 Å². The number of carbonyl (C=O) groups is 1. The van der Waals surface area contributed by atoms with E-state index in [4.69, 9.17) is 0 Å². The Morgan fingerprint density at radius 1 is 1.35 bits per heavy atom. The zero-order chi connectivity index (χ0) is 12.6. The zero-order valence-electron chi connectivity index (χ0n) is 9.12. The lowest BCUT2D eigenvalue weighted by molar-refractivity contribution is -0.143. The molecule has 0 N–H and O–H groups in total. The van der Waals surface area contributed by atoms with Gasteiger partial charge >= 0.3 is 12.1 Å². The van der Waals surface area contributed by atoms with E-state index in [1.165, 1.54) is 19.2 Å². The molecule has 0 spiro atoms. The van der Waals surface area contributed by atoms with E-state index < -0.39 is 23.6 Å². The first-order chi connectivity index (χ1) is 7.95. The standard InChI is InChI=1S/C12H11F3O2/c1-17-11(16)9-6-8(9)7-4-2-3-5-10(7)12(13,14)15/h2-5,8-9H,6H2,1H3/t8-,9+/m1/s1. The van der Waals surface area contributed by atoms with Gasteiger partial charge in [-0.3, -0.25) is 4.79 Å². The Labute approximate surface area is 96.4 Å². The highest BCUT2D eigenvalue weighted by atomic mass is 19.4. The number of esters is 1. The molecular formula is C12H11F3O2. The molecule has 0 aliphatic heterocycles. The zero-order valence-corrected chi connectivity index (χ0v) is 9.12. The maximum absolute atomic E-state index is 12.7. The van der Waals surface area contributed by atoms with Crippen LogP contribution in [0.5, 0.6) is 0 Å². The van der Waals surface area contributed by atoms with Gasteiger partial charge in [-0.05, 0) is 24.0 Å². The average Bonchev–Trinajstić information content (AvgIpc) is 3.07. The second kappa shape index (κ2) is 4.05. The summed E-state index contributed by atoms with van der Waals surface area (Å²) in [7, 11) is 1.24. The van der Waals surface area contributed by atoms with Crippen molar-refractivity contribution in [3.8, 4) is 0 Å². The van der Waals surface area contributed by atoms with Crippen molar-refractivity contribution in [2.45, 2.75) is 18.5 Å². The van der Waals surface area contributed by atoms with Crippen molar-refractivity contribution in [1.29, 1.82) is 0 Å². The van der Waals surface area contributed by atoms with Gasteiger partial charge in [0.05, 0.1) is 18.6 Å². The summed E-state index contributed by atoms with van der Waals surface area (Å²) in [5.74, 6) is -1.23. The Morgan fingerprint density at radius 2 is 2.00 bits per heavy atom. The highest BCUT2D eigenvalue weighted by Gasteiger charge is 2.48. The van der Waals surface area contributed by atoms with Crippen LogP contribution in [0.15, 0.2) is 24.3 Å². The molecule has 1 aromatic carbocycles. The Kier molecular flexibility index (Phi) is 2.85. The molecule has 2 rings (SSSR count). The van der Waals surface area contributed by atoms with E-state index in [-0.39, 0.29) is 11.5 Å². The first-order valence-corrected chi connectivity index (χ1v) is 5.19. The average molecular weight is 244 g/mol. The molecule has 5 heteroatoms. The van der Waals surface area contributed by atoms with Crippen molar-refractivity contribution in [3.05, 3.63) is 35.4 Å². The van der Waals surface area contributed by atoms with Crippen LogP contribution in [0.1, 0.15) is 23.5 Å². The predicted molar refractivity (Wildman–Crippen MR) is 54.3 cm³/mol. The van der Waals surface area contributed by atoms with E-state index in [1.807, 2.05) is 0 Å². The van der Waals surface area contributed by atoms with E-state index >= 15 is 0 Å². The maximum Gasteiger partial charge on any atom is 0.416 e. The van der Waals surface area contributed by atoms with Crippen LogP contribution in [0.4, 0.5) is 13.2 Å². The summed E-state index contributed by atoms with van der Waals surface area (Å²) < 4.78 is 42.7. The van der Waals surface area contributed by atoms with Gasteiger partial charge in [0.2, 0.25) is 0 Å². The number of ether oxygens (including phenoxy) is 1. The molecule has 0 amide bonds. The van der Waals surface area contributed by atoms with Crippen LogP contribution in [0, 0.1) is 5.92 Å². The Bertz CT molecular complexity index is 440. The van der Waals surface area contributed by atoms with Gasteiger partial charge in [-0.1, -0.05) is 18.2 Å². The SMILES string of the molecule is COC(=O)[C@H]1C[C@@H]1c1ccccc1C(F)(F)F. The normalized spacial score (nSPS) is 23.3. The van der Waals surface area contributed by atoms with Gasteiger partial charge in [-0.2, -0.15) is 13.2 Å². The number of methoxy groups -OCH3 is 1. The largest absolute Gasteiger partial charge is 0.469 e. The fourth-order valence-corrected chi connectivity index (χ4v) is 2.03. The fraction of sp³-hybridized carbons (Fsp3) is 0.417. The fourth-order valence-electron chi connectivity index (χ4n) is 2.03. The number of rotatable bonds is 2. The quantitative estimate of drug-likeness (QED) is 0.747. The van der Waals surface area contributed by atoms with Crippen LogP contribution >= 0.6 is 0 Å². The number of halogens is 3. The lowest BCUT2D eigenvalue weighted by atomic mass is 10.0. The van der Waals surface area contributed by atoms with Gasteiger partial charge in [0.15, 0.2) is 0 Å². The molecule has 2 atom stereocenters. The van der Waals surface area contributed by atoms with Crippen LogP contribution < -0.4 is 0 Å². The van der Waals surface area contributed by atoms with Crippen LogP contribution in [0.25, 0.3) is 0 Å². The maximum atomic E-state index is 12.7. The van der Waals surface area contributed by atoms with Crippen LogP contribution in [0.3, 0.4) is 0 Å². The second-order valence-corrected chi connectivity index (χ2v) is 4.06. The van der Waals surface area contributed by atoms with Gasteiger partial charge in [0.25, 0.3) is 0 Å². The van der Waals surface area contributed by atoms with Gasteiger partial charge in [0, 0.05) is 0 Å². The van der Waals surface area contributed by atoms with Crippen molar-refractivity contribution in [2.75, 3.05) is 7.11 Å². The Balaban J connectivity index is 2.27. The summed E-state index contributed by atoms with van der Waals surface area (Å²) in [6.07, 6.45) is -3.94. The second-order valence-electron chi connectivity index (χ2n) is 4.06. The summed E-state index contributed by atoms with van der Waals surface area (Å²) in [6, 6.07) is 5.37. The van der Waals surface area contributed by atoms with Crippen LogP contribution in [0.2, 0.25) is 0 Å². The molecule has 1 saturated carbocycles. The molecule has 0 saturated heterocycles. The van der Waals surface area contributed by atoms with Crippen LogP contribution in [-0.4, -0.2) is 13.1 Å². The van der Waals surface area contributed by atoms with Crippen molar-refractivity contribution >= 4 is 5.97 Å². The molecule has 1 fully saturated rings. The molecule has 0 bridgehead atoms. The number of carbonyl (C=O) groups excluding carboxylic acids is 1. The first-order valence-electron chi connectivity index (χ1n) is 5.19. The summed E-state index contributed by atoms with van der Waals surface area (Å²) in [6.45, 7) is 0.